The van der Waals surface area contributed by atoms with Crippen LogP contribution in [0.1, 0.15) is 24.2 Å². The molecular weight excluding hydrogens is 249 g/mol. The van der Waals surface area contributed by atoms with Crippen molar-refractivity contribution in [2.24, 2.45) is 0 Å². The Morgan fingerprint density at radius 1 is 1.50 bits per heavy atom. The van der Waals surface area contributed by atoms with E-state index >= 15 is 0 Å². The van der Waals surface area contributed by atoms with Crippen molar-refractivity contribution in [1.29, 1.82) is 0 Å². The van der Waals surface area contributed by atoms with Gasteiger partial charge in [0.25, 0.3) is 5.91 Å². The van der Waals surface area contributed by atoms with Crippen molar-refractivity contribution >= 4 is 21.8 Å². The maximum absolute atomic E-state index is 13.4. The molecule has 1 N–H and O–H groups in total. The van der Waals surface area contributed by atoms with Gasteiger partial charge in [0.15, 0.2) is 0 Å². The molecule has 0 radical (unpaired) electrons. The SMILES string of the molecule is CC(C)NC(=O)c1cccc(Br)c1F. The minimum Gasteiger partial charge on any atom is -0.350 e. The van der Waals surface area contributed by atoms with Gasteiger partial charge in [0.2, 0.25) is 0 Å². The highest BCUT2D eigenvalue weighted by atomic mass is 79.9. The molecule has 4 heteroatoms. The van der Waals surface area contributed by atoms with Gasteiger partial charge in [-0.15, -0.1) is 0 Å². The normalized spacial score (nSPS) is 10.4. The number of rotatable bonds is 2. The van der Waals surface area contributed by atoms with E-state index in [2.05, 4.69) is 21.2 Å². The Morgan fingerprint density at radius 2 is 2.14 bits per heavy atom. The van der Waals surface area contributed by atoms with E-state index < -0.39 is 5.82 Å². The first-order valence-electron chi connectivity index (χ1n) is 4.27. The zero-order valence-electron chi connectivity index (χ0n) is 7.97. The molecule has 0 aliphatic rings. The lowest BCUT2D eigenvalue weighted by atomic mass is 10.2. The third-order valence-corrected chi connectivity index (χ3v) is 2.23. The highest BCUT2D eigenvalue weighted by Gasteiger charge is 2.13. The first kappa shape index (κ1) is 11.2. The average Bonchev–Trinajstić information content (AvgIpc) is 2.08. The van der Waals surface area contributed by atoms with Crippen LogP contribution in [-0.2, 0) is 0 Å². The van der Waals surface area contributed by atoms with Crippen LogP contribution in [0.2, 0.25) is 0 Å². The third kappa shape index (κ3) is 2.54. The summed E-state index contributed by atoms with van der Waals surface area (Å²) in [6, 6.07) is 4.64. The van der Waals surface area contributed by atoms with Crippen molar-refractivity contribution in [3.8, 4) is 0 Å². The van der Waals surface area contributed by atoms with Crippen LogP contribution < -0.4 is 5.32 Å². The van der Waals surface area contributed by atoms with Crippen LogP contribution in [0.15, 0.2) is 22.7 Å². The van der Waals surface area contributed by atoms with E-state index in [-0.39, 0.29) is 17.5 Å². The summed E-state index contributed by atoms with van der Waals surface area (Å²) in [6.07, 6.45) is 0. The lowest BCUT2D eigenvalue weighted by Gasteiger charge is -2.09. The van der Waals surface area contributed by atoms with E-state index in [9.17, 15) is 9.18 Å². The summed E-state index contributed by atoms with van der Waals surface area (Å²) in [7, 11) is 0. The number of carbonyl (C=O) groups is 1. The first-order valence-corrected chi connectivity index (χ1v) is 5.06. The van der Waals surface area contributed by atoms with Crippen LogP contribution in [0.3, 0.4) is 0 Å². The predicted molar refractivity (Wildman–Crippen MR) is 56.7 cm³/mol. The fourth-order valence-corrected chi connectivity index (χ4v) is 1.39. The number of hydrogen-bond acceptors (Lipinski definition) is 1. The highest BCUT2D eigenvalue weighted by molar-refractivity contribution is 9.10. The third-order valence-electron chi connectivity index (χ3n) is 1.62. The number of nitrogens with one attached hydrogen (secondary N) is 1. The Labute approximate surface area is 90.6 Å². The molecule has 0 unspecified atom stereocenters. The summed E-state index contributed by atoms with van der Waals surface area (Å²) in [5.74, 6) is -0.913. The molecule has 0 atom stereocenters. The van der Waals surface area contributed by atoms with Gasteiger partial charge in [-0.2, -0.15) is 0 Å². The molecule has 1 rings (SSSR count). The number of carbonyl (C=O) groups excluding carboxylic acids is 1. The quantitative estimate of drug-likeness (QED) is 0.870. The van der Waals surface area contributed by atoms with E-state index in [1.165, 1.54) is 6.07 Å². The van der Waals surface area contributed by atoms with Crippen LogP contribution in [0.4, 0.5) is 4.39 Å². The zero-order chi connectivity index (χ0) is 10.7. The molecule has 0 aromatic heterocycles. The van der Waals surface area contributed by atoms with Crippen molar-refractivity contribution in [1.82, 2.24) is 5.32 Å². The Hall–Kier alpha value is -0.900. The maximum Gasteiger partial charge on any atom is 0.254 e. The van der Waals surface area contributed by atoms with Gasteiger partial charge in [-0.25, -0.2) is 4.39 Å². The maximum atomic E-state index is 13.4. The van der Waals surface area contributed by atoms with Gasteiger partial charge in [0, 0.05) is 6.04 Å². The Balaban J connectivity index is 2.96. The second kappa shape index (κ2) is 4.55. The summed E-state index contributed by atoms with van der Waals surface area (Å²) in [4.78, 5) is 11.5. The molecule has 2 nitrogen and oxygen atoms in total. The summed E-state index contributed by atoms with van der Waals surface area (Å²) >= 11 is 3.03. The zero-order valence-corrected chi connectivity index (χ0v) is 9.56. The molecule has 0 spiro atoms. The number of hydrogen-bond donors (Lipinski definition) is 1. The summed E-state index contributed by atoms with van der Waals surface area (Å²) < 4.78 is 13.7. The van der Waals surface area contributed by atoms with Crippen molar-refractivity contribution in [3.63, 3.8) is 0 Å². The molecule has 1 aromatic carbocycles. The van der Waals surface area contributed by atoms with E-state index in [4.69, 9.17) is 0 Å². The Kier molecular flexibility index (Phi) is 3.63. The fourth-order valence-electron chi connectivity index (χ4n) is 1.02. The molecule has 0 fully saturated rings. The number of benzene rings is 1. The molecule has 0 bridgehead atoms. The lowest BCUT2D eigenvalue weighted by molar-refractivity contribution is 0.0939. The molecule has 14 heavy (non-hydrogen) atoms. The second-order valence-electron chi connectivity index (χ2n) is 3.23. The van der Waals surface area contributed by atoms with Crippen molar-refractivity contribution < 1.29 is 9.18 Å². The van der Waals surface area contributed by atoms with Crippen molar-refractivity contribution in [3.05, 3.63) is 34.1 Å². The Morgan fingerprint density at radius 3 is 2.71 bits per heavy atom. The molecular formula is C10H11BrFNO. The largest absolute Gasteiger partial charge is 0.350 e. The topological polar surface area (TPSA) is 29.1 Å². The van der Waals surface area contributed by atoms with E-state index in [0.29, 0.717) is 4.47 Å². The van der Waals surface area contributed by atoms with Gasteiger partial charge in [-0.1, -0.05) is 6.07 Å². The summed E-state index contributed by atoms with van der Waals surface area (Å²) in [6.45, 7) is 3.65. The first-order chi connectivity index (χ1) is 6.52. The highest BCUT2D eigenvalue weighted by Crippen LogP contribution is 2.18. The fraction of sp³-hybridized carbons (Fsp3) is 0.300. The van der Waals surface area contributed by atoms with E-state index in [1.807, 2.05) is 13.8 Å². The Bertz CT molecular complexity index is 352. The predicted octanol–water partition coefficient (Wildman–Crippen LogP) is 2.73. The van der Waals surface area contributed by atoms with Gasteiger partial charge in [0.1, 0.15) is 5.82 Å². The van der Waals surface area contributed by atoms with Gasteiger partial charge in [-0.05, 0) is 41.9 Å². The lowest BCUT2D eigenvalue weighted by Crippen LogP contribution is -2.30. The minimum atomic E-state index is -0.523. The van der Waals surface area contributed by atoms with Crippen molar-refractivity contribution in [2.75, 3.05) is 0 Å². The molecule has 0 aliphatic carbocycles. The van der Waals surface area contributed by atoms with E-state index in [0.717, 1.165) is 0 Å². The minimum absolute atomic E-state index is 0.000816. The molecule has 76 valence electrons. The molecule has 0 heterocycles. The second-order valence-corrected chi connectivity index (χ2v) is 4.08. The van der Waals surface area contributed by atoms with E-state index in [1.54, 1.807) is 12.1 Å². The van der Waals surface area contributed by atoms with Crippen LogP contribution in [0.5, 0.6) is 0 Å². The number of halogens is 2. The van der Waals surface area contributed by atoms with Gasteiger partial charge in [-0.3, -0.25) is 4.79 Å². The standard InChI is InChI=1S/C10H11BrFNO/c1-6(2)13-10(14)7-4-3-5-8(11)9(7)12/h3-6H,1-2H3,(H,13,14). The molecule has 0 saturated heterocycles. The average molecular weight is 260 g/mol. The molecule has 1 amide bonds. The van der Waals surface area contributed by atoms with Gasteiger partial charge in [0.05, 0.1) is 10.0 Å². The molecule has 1 aromatic rings. The van der Waals surface area contributed by atoms with Crippen LogP contribution in [0.25, 0.3) is 0 Å². The van der Waals surface area contributed by atoms with Crippen LogP contribution >= 0.6 is 15.9 Å². The van der Waals surface area contributed by atoms with Crippen LogP contribution in [0, 0.1) is 5.82 Å². The van der Waals surface area contributed by atoms with Crippen molar-refractivity contribution in [2.45, 2.75) is 19.9 Å². The summed E-state index contributed by atoms with van der Waals surface area (Å²) in [5, 5.41) is 2.63. The van der Waals surface area contributed by atoms with Gasteiger partial charge < -0.3 is 5.32 Å². The molecule has 0 saturated carbocycles. The van der Waals surface area contributed by atoms with Crippen LogP contribution in [-0.4, -0.2) is 11.9 Å². The smallest absolute Gasteiger partial charge is 0.254 e. The number of amides is 1. The molecule has 0 aliphatic heterocycles. The van der Waals surface area contributed by atoms with Gasteiger partial charge >= 0.3 is 0 Å². The summed E-state index contributed by atoms with van der Waals surface area (Å²) in [5.41, 5.74) is 0.0630. The monoisotopic (exact) mass is 259 g/mol.